The number of ether oxygens (including phenoxy) is 1. The summed E-state index contributed by atoms with van der Waals surface area (Å²) >= 11 is 6.97. The van der Waals surface area contributed by atoms with Gasteiger partial charge in [0.25, 0.3) is 5.91 Å². The van der Waals surface area contributed by atoms with Gasteiger partial charge in [0, 0.05) is 23.4 Å². The number of methoxy groups -OCH3 is 1. The molecule has 0 radical (unpaired) electrons. The number of carbonyl (C=O) groups excluding carboxylic acids is 1. The molecule has 1 aromatic heterocycles. The van der Waals surface area contributed by atoms with E-state index in [4.69, 9.17) is 22.1 Å². The summed E-state index contributed by atoms with van der Waals surface area (Å²) in [6.45, 7) is 0. The minimum atomic E-state index is 0.0101. The van der Waals surface area contributed by atoms with E-state index in [0.29, 0.717) is 9.23 Å². The third-order valence-electron chi connectivity index (χ3n) is 5.91. The van der Waals surface area contributed by atoms with Crippen molar-refractivity contribution in [3.05, 3.63) is 71.3 Å². The topological polar surface area (TPSA) is 47.4 Å². The lowest BCUT2D eigenvalue weighted by molar-refractivity contribution is -0.123. The third-order valence-corrected chi connectivity index (χ3v) is 7.24. The Hall–Kier alpha value is -2.90. The molecule has 1 amide bonds. The smallest absolute Gasteiger partial charge is 0.266 e. The van der Waals surface area contributed by atoms with E-state index in [0.717, 1.165) is 53.9 Å². The van der Waals surface area contributed by atoms with E-state index >= 15 is 0 Å². The van der Waals surface area contributed by atoms with Crippen LogP contribution in [-0.2, 0) is 4.79 Å². The van der Waals surface area contributed by atoms with Crippen LogP contribution in [0.4, 0.5) is 0 Å². The summed E-state index contributed by atoms with van der Waals surface area (Å²) < 4.78 is 7.92. The number of hydrogen-bond acceptors (Lipinski definition) is 5. The molecule has 2 aliphatic rings. The molecule has 2 aromatic carbocycles. The Bertz CT molecular complexity index is 1200. The molecule has 0 atom stereocenters. The normalized spacial score (nSPS) is 18.2. The zero-order valence-electron chi connectivity index (χ0n) is 17.7. The molecular formula is C25H23N3O2S2. The second kappa shape index (κ2) is 8.92. The van der Waals surface area contributed by atoms with Crippen LogP contribution in [0.15, 0.2) is 65.7 Å². The van der Waals surface area contributed by atoms with E-state index in [1.165, 1.54) is 11.8 Å². The monoisotopic (exact) mass is 461 g/mol. The fraction of sp³-hybridized carbons (Fsp3) is 0.240. The van der Waals surface area contributed by atoms with Crippen molar-refractivity contribution in [3.8, 4) is 22.7 Å². The molecule has 5 nitrogen and oxygen atoms in total. The van der Waals surface area contributed by atoms with Crippen molar-refractivity contribution in [1.82, 2.24) is 14.7 Å². The molecule has 2 heterocycles. The molecule has 0 N–H and O–H groups in total. The molecular weight excluding hydrogens is 438 g/mol. The van der Waals surface area contributed by atoms with E-state index < -0.39 is 0 Å². The van der Waals surface area contributed by atoms with Crippen LogP contribution in [0.25, 0.3) is 23.0 Å². The molecule has 1 aliphatic carbocycles. The summed E-state index contributed by atoms with van der Waals surface area (Å²) in [5.41, 5.74) is 3.54. The van der Waals surface area contributed by atoms with Crippen molar-refractivity contribution in [1.29, 1.82) is 0 Å². The second-order valence-electron chi connectivity index (χ2n) is 7.94. The predicted octanol–water partition coefficient (Wildman–Crippen LogP) is 5.69. The summed E-state index contributed by atoms with van der Waals surface area (Å²) in [5.74, 6) is 0.770. The maximum atomic E-state index is 13.2. The van der Waals surface area contributed by atoms with Gasteiger partial charge in [-0.15, -0.1) is 0 Å². The molecule has 5 rings (SSSR count). The predicted molar refractivity (Wildman–Crippen MR) is 133 cm³/mol. The number of para-hydroxylation sites is 1. The summed E-state index contributed by atoms with van der Waals surface area (Å²) in [6, 6.07) is 18.0. The Labute approximate surface area is 197 Å². The molecule has 7 heteroatoms. The van der Waals surface area contributed by atoms with Crippen molar-refractivity contribution in [2.45, 2.75) is 31.7 Å². The molecule has 2 fully saturated rings. The minimum absolute atomic E-state index is 0.0101. The maximum absolute atomic E-state index is 13.2. The summed E-state index contributed by atoms with van der Waals surface area (Å²) in [7, 11) is 1.65. The van der Waals surface area contributed by atoms with E-state index in [9.17, 15) is 4.79 Å². The lowest BCUT2D eigenvalue weighted by Crippen LogP contribution is -2.36. The largest absolute Gasteiger partial charge is 0.497 e. The number of nitrogens with zero attached hydrogens (tertiary/aromatic N) is 3. The first-order chi connectivity index (χ1) is 15.6. The van der Waals surface area contributed by atoms with Gasteiger partial charge in [-0.25, -0.2) is 4.68 Å². The number of aromatic nitrogens is 2. The van der Waals surface area contributed by atoms with Crippen molar-refractivity contribution in [2.75, 3.05) is 7.11 Å². The van der Waals surface area contributed by atoms with Crippen LogP contribution in [0.5, 0.6) is 5.75 Å². The number of thiocarbonyl (C=S) groups is 1. The number of hydrogen-bond donors (Lipinski definition) is 0. The van der Waals surface area contributed by atoms with E-state index in [1.54, 1.807) is 7.11 Å². The molecule has 0 bridgehead atoms. The number of thioether (sulfide) groups is 1. The number of rotatable bonds is 5. The van der Waals surface area contributed by atoms with E-state index in [2.05, 4.69) is 0 Å². The van der Waals surface area contributed by atoms with Crippen LogP contribution in [0.1, 0.15) is 31.2 Å². The Kier molecular flexibility index (Phi) is 5.85. The Balaban J connectivity index is 1.57. The third kappa shape index (κ3) is 3.98. The summed E-state index contributed by atoms with van der Waals surface area (Å²) in [5, 5.41) is 4.86. The molecule has 32 heavy (non-hydrogen) atoms. The fourth-order valence-electron chi connectivity index (χ4n) is 4.30. The Morgan fingerprint density at radius 3 is 2.66 bits per heavy atom. The molecule has 1 saturated carbocycles. The van der Waals surface area contributed by atoms with Gasteiger partial charge in [0.2, 0.25) is 0 Å². The minimum Gasteiger partial charge on any atom is -0.497 e. The first-order valence-electron chi connectivity index (χ1n) is 10.7. The Morgan fingerprint density at radius 1 is 1.12 bits per heavy atom. The van der Waals surface area contributed by atoms with Crippen LogP contribution in [0.3, 0.4) is 0 Å². The summed E-state index contributed by atoms with van der Waals surface area (Å²) in [4.78, 5) is 15.7. The van der Waals surface area contributed by atoms with Crippen molar-refractivity contribution >= 4 is 40.3 Å². The first kappa shape index (κ1) is 21.0. The van der Waals surface area contributed by atoms with E-state index in [1.807, 2.05) is 76.5 Å². The van der Waals surface area contributed by atoms with Gasteiger partial charge in [-0.2, -0.15) is 5.10 Å². The second-order valence-corrected chi connectivity index (χ2v) is 9.61. The van der Waals surface area contributed by atoms with Crippen molar-refractivity contribution < 1.29 is 9.53 Å². The van der Waals surface area contributed by atoms with Gasteiger partial charge in [0.15, 0.2) is 0 Å². The lowest BCUT2D eigenvalue weighted by Gasteiger charge is -2.21. The number of amides is 1. The standard InChI is InChI=1S/C25H23N3O2S2/c1-30-21-13-7-8-17(14-21)23-18(16-27(26-23)19-9-3-2-4-10-19)15-22-24(29)28(25(31)32-22)20-11-5-6-12-20/h2-4,7-10,13-16,20H,5-6,11-12H2,1H3/b22-15-. The highest BCUT2D eigenvalue weighted by molar-refractivity contribution is 8.26. The van der Waals surface area contributed by atoms with Gasteiger partial charge in [0.1, 0.15) is 15.8 Å². The van der Waals surface area contributed by atoms with Gasteiger partial charge in [-0.1, -0.05) is 67.2 Å². The highest BCUT2D eigenvalue weighted by Crippen LogP contribution is 2.39. The maximum Gasteiger partial charge on any atom is 0.266 e. The molecule has 3 aromatic rings. The fourth-order valence-corrected chi connectivity index (χ4v) is 5.69. The molecule has 1 saturated heterocycles. The van der Waals surface area contributed by atoms with Gasteiger partial charge in [-0.3, -0.25) is 9.69 Å². The zero-order valence-corrected chi connectivity index (χ0v) is 19.4. The van der Waals surface area contributed by atoms with Gasteiger partial charge < -0.3 is 4.74 Å². The van der Waals surface area contributed by atoms with Crippen molar-refractivity contribution in [3.63, 3.8) is 0 Å². The molecule has 162 valence electrons. The summed E-state index contributed by atoms with van der Waals surface area (Å²) in [6.07, 6.45) is 8.26. The van der Waals surface area contributed by atoms with E-state index in [-0.39, 0.29) is 11.9 Å². The highest BCUT2D eigenvalue weighted by Gasteiger charge is 2.38. The van der Waals surface area contributed by atoms with Gasteiger partial charge in [-0.05, 0) is 43.2 Å². The van der Waals surface area contributed by atoms with Gasteiger partial charge in [0.05, 0.1) is 17.7 Å². The highest BCUT2D eigenvalue weighted by atomic mass is 32.2. The van der Waals surface area contributed by atoms with Crippen LogP contribution < -0.4 is 4.74 Å². The van der Waals surface area contributed by atoms with Crippen LogP contribution >= 0.6 is 24.0 Å². The molecule has 1 aliphatic heterocycles. The zero-order chi connectivity index (χ0) is 22.1. The van der Waals surface area contributed by atoms with Crippen LogP contribution in [0, 0.1) is 0 Å². The average molecular weight is 462 g/mol. The molecule has 0 spiro atoms. The number of carbonyl (C=O) groups is 1. The average Bonchev–Trinajstić information content (AvgIpc) is 3.55. The van der Waals surface area contributed by atoms with Crippen molar-refractivity contribution in [2.24, 2.45) is 0 Å². The molecule has 0 unspecified atom stereocenters. The lowest BCUT2D eigenvalue weighted by atomic mass is 10.1. The van der Waals surface area contributed by atoms with Crippen LogP contribution in [-0.4, -0.2) is 38.1 Å². The first-order valence-corrected chi connectivity index (χ1v) is 11.9. The van der Waals surface area contributed by atoms with Gasteiger partial charge >= 0.3 is 0 Å². The van der Waals surface area contributed by atoms with Crippen LogP contribution in [0.2, 0.25) is 0 Å². The quantitative estimate of drug-likeness (QED) is 0.361. The number of benzene rings is 2. The Morgan fingerprint density at radius 2 is 1.91 bits per heavy atom. The SMILES string of the molecule is COc1cccc(-c2nn(-c3ccccc3)cc2/C=C2\SC(=S)N(C3CCCC3)C2=O)c1.